The third-order valence-corrected chi connectivity index (χ3v) is 7.54. The van der Waals surface area contributed by atoms with Gasteiger partial charge in [0.15, 0.2) is 0 Å². The molecule has 3 heterocycles. The topological polar surface area (TPSA) is 76.5 Å². The number of nitrogens with zero attached hydrogens (tertiary/aromatic N) is 4. The van der Waals surface area contributed by atoms with Crippen LogP contribution in [0.15, 0.2) is 53.6 Å². The molecule has 1 aliphatic rings. The predicted octanol–water partition coefficient (Wildman–Crippen LogP) is 7.00. The zero-order chi connectivity index (χ0) is 29.5. The molecule has 0 bridgehead atoms. The molecule has 1 saturated carbocycles. The van der Waals surface area contributed by atoms with Gasteiger partial charge in [-0.15, -0.1) is 0 Å². The number of aryl methyl sites for hydroxylation is 1. The highest BCUT2D eigenvalue weighted by atomic mass is 19.4. The molecule has 0 saturated heterocycles. The molecule has 1 aliphatic carbocycles. The minimum atomic E-state index is -4.82. The Morgan fingerprint density at radius 2 is 1.68 bits per heavy atom. The molecule has 0 amide bonds. The monoisotopic (exact) mass is 579 g/mol. The molecule has 0 spiro atoms. The van der Waals surface area contributed by atoms with Gasteiger partial charge in [0.25, 0.3) is 5.56 Å². The molecule has 4 aromatic rings. The highest BCUT2D eigenvalue weighted by Crippen LogP contribution is 2.42. The van der Waals surface area contributed by atoms with Crippen molar-refractivity contribution >= 4 is 0 Å². The Balaban J connectivity index is 1.56. The third kappa shape index (κ3) is 5.75. The molecule has 41 heavy (non-hydrogen) atoms. The summed E-state index contributed by atoms with van der Waals surface area (Å²) in [5.41, 5.74) is -2.70. The second kappa shape index (κ2) is 10.7. The largest absolute Gasteiger partial charge is 0.433 e. The second-order valence-corrected chi connectivity index (χ2v) is 10.1. The maximum Gasteiger partial charge on any atom is 0.433 e. The van der Waals surface area contributed by atoms with Gasteiger partial charge in [0.2, 0.25) is 0 Å². The number of halogens is 7. The SMILES string of the molecule is Cc1cccc(F)c1C1CCC(c2cc(-c3cn[nH]c3C(F)(F)F)nn(Cc3ncccc3C(F)(F)F)c2=O)CC1. The lowest BCUT2D eigenvalue weighted by Crippen LogP contribution is -2.31. The molecule has 6 nitrogen and oxygen atoms in total. The average Bonchev–Trinajstić information content (AvgIpc) is 3.41. The number of hydrogen-bond acceptors (Lipinski definition) is 4. The van der Waals surface area contributed by atoms with Crippen LogP contribution in [0, 0.1) is 12.7 Å². The number of alkyl halides is 6. The molecule has 0 aliphatic heterocycles. The molecular formula is C28H24F7N5O. The van der Waals surface area contributed by atoms with Crippen LogP contribution in [0.1, 0.15) is 71.2 Å². The molecule has 216 valence electrons. The minimum Gasteiger partial charge on any atom is -0.273 e. The zero-order valence-corrected chi connectivity index (χ0v) is 21.7. The van der Waals surface area contributed by atoms with E-state index < -0.39 is 52.9 Å². The van der Waals surface area contributed by atoms with E-state index in [1.165, 1.54) is 12.1 Å². The van der Waals surface area contributed by atoms with Crippen molar-refractivity contribution in [2.75, 3.05) is 0 Å². The van der Waals surface area contributed by atoms with E-state index in [1.54, 1.807) is 6.07 Å². The first kappa shape index (κ1) is 28.5. The van der Waals surface area contributed by atoms with Gasteiger partial charge in [0.05, 0.1) is 35.3 Å². The van der Waals surface area contributed by atoms with Crippen molar-refractivity contribution in [1.82, 2.24) is 25.0 Å². The highest BCUT2D eigenvalue weighted by molar-refractivity contribution is 5.62. The Labute approximate surface area is 229 Å². The lowest BCUT2D eigenvalue weighted by molar-refractivity contribution is -0.141. The Bertz CT molecular complexity index is 1600. The summed E-state index contributed by atoms with van der Waals surface area (Å²) < 4.78 is 97.2. The van der Waals surface area contributed by atoms with E-state index in [4.69, 9.17) is 0 Å². The Morgan fingerprint density at radius 1 is 0.976 bits per heavy atom. The molecule has 0 radical (unpaired) electrons. The van der Waals surface area contributed by atoms with Crippen molar-refractivity contribution in [1.29, 1.82) is 0 Å². The van der Waals surface area contributed by atoms with Crippen LogP contribution in [-0.2, 0) is 18.9 Å². The molecule has 13 heteroatoms. The number of rotatable bonds is 5. The third-order valence-electron chi connectivity index (χ3n) is 7.54. The van der Waals surface area contributed by atoms with Crippen molar-refractivity contribution in [3.8, 4) is 11.3 Å². The number of hydrogen-bond donors (Lipinski definition) is 1. The van der Waals surface area contributed by atoms with Crippen LogP contribution < -0.4 is 5.56 Å². The van der Waals surface area contributed by atoms with Crippen LogP contribution >= 0.6 is 0 Å². The molecule has 1 fully saturated rings. The molecule has 3 aromatic heterocycles. The predicted molar refractivity (Wildman–Crippen MR) is 135 cm³/mol. The summed E-state index contributed by atoms with van der Waals surface area (Å²) in [6, 6.07) is 7.98. The number of nitrogens with one attached hydrogen (secondary N) is 1. The standard InChI is InChI=1S/C28H24F7N5O/c1-15-4-2-6-21(29)24(15)17-9-7-16(8-10-17)18-12-22(19-13-37-38-25(19)28(33,34)35)39-40(26(18)41)14-23-20(27(30,31)32)5-3-11-36-23/h2-6,11-13,16-17H,7-10,14H2,1H3,(H,37,38). The molecule has 0 atom stereocenters. The van der Waals surface area contributed by atoms with Crippen LogP contribution in [0.5, 0.6) is 0 Å². The number of aromatic amines is 1. The molecule has 1 aromatic carbocycles. The number of H-pyrrole nitrogens is 1. The van der Waals surface area contributed by atoms with Gasteiger partial charge in [0, 0.05) is 11.8 Å². The summed E-state index contributed by atoms with van der Waals surface area (Å²) in [7, 11) is 0. The Hall–Kier alpha value is -4.03. The number of benzene rings is 1. The molecule has 0 unspecified atom stereocenters. The van der Waals surface area contributed by atoms with Crippen LogP contribution in [0.3, 0.4) is 0 Å². The first-order valence-electron chi connectivity index (χ1n) is 12.8. The Kier molecular flexibility index (Phi) is 7.47. The van der Waals surface area contributed by atoms with Gasteiger partial charge in [-0.05, 0) is 79.8 Å². The van der Waals surface area contributed by atoms with Crippen molar-refractivity contribution in [2.24, 2.45) is 0 Å². The van der Waals surface area contributed by atoms with Crippen molar-refractivity contribution in [3.63, 3.8) is 0 Å². The van der Waals surface area contributed by atoms with E-state index in [9.17, 15) is 35.5 Å². The maximum atomic E-state index is 14.6. The van der Waals surface area contributed by atoms with Crippen LogP contribution in [0.2, 0.25) is 0 Å². The first-order chi connectivity index (χ1) is 19.3. The summed E-state index contributed by atoms with van der Waals surface area (Å²) in [6.45, 7) is 1.10. The van der Waals surface area contributed by atoms with Crippen molar-refractivity contribution < 1.29 is 30.7 Å². The van der Waals surface area contributed by atoms with E-state index in [1.807, 2.05) is 18.1 Å². The molecular weight excluding hydrogens is 555 g/mol. The van der Waals surface area contributed by atoms with Gasteiger partial charge in [0.1, 0.15) is 11.5 Å². The fourth-order valence-electron chi connectivity index (χ4n) is 5.61. The van der Waals surface area contributed by atoms with Crippen LogP contribution in [0.25, 0.3) is 11.3 Å². The summed E-state index contributed by atoms with van der Waals surface area (Å²) in [5, 5.41) is 9.41. The zero-order valence-electron chi connectivity index (χ0n) is 21.7. The van der Waals surface area contributed by atoms with Gasteiger partial charge in [-0.3, -0.25) is 14.9 Å². The normalized spacial score (nSPS) is 18.0. The highest BCUT2D eigenvalue weighted by Gasteiger charge is 2.38. The first-order valence-corrected chi connectivity index (χ1v) is 12.8. The van der Waals surface area contributed by atoms with Crippen molar-refractivity contribution in [3.05, 3.63) is 98.6 Å². The second-order valence-electron chi connectivity index (χ2n) is 10.1. The maximum absolute atomic E-state index is 14.6. The van der Waals surface area contributed by atoms with Gasteiger partial charge in [-0.25, -0.2) is 9.07 Å². The fraction of sp³-hybridized carbons (Fsp3) is 0.357. The van der Waals surface area contributed by atoms with E-state index >= 15 is 0 Å². The lowest BCUT2D eigenvalue weighted by Gasteiger charge is -2.30. The fourth-order valence-corrected chi connectivity index (χ4v) is 5.61. The van der Waals surface area contributed by atoms with Crippen molar-refractivity contribution in [2.45, 2.75) is 63.3 Å². The van der Waals surface area contributed by atoms with Crippen LogP contribution in [0.4, 0.5) is 30.7 Å². The molecule has 5 rings (SSSR count). The summed E-state index contributed by atoms with van der Waals surface area (Å²) in [4.78, 5) is 17.4. The lowest BCUT2D eigenvalue weighted by atomic mass is 9.75. The smallest absolute Gasteiger partial charge is 0.273 e. The van der Waals surface area contributed by atoms with Gasteiger partial charge < -0.3 is 0 Å². The number of aromatic nitrogens is 5. The average molecular weight is 580 g/mol. The van der Waals surface area contributed by atoms with Gasteiger partial charge >= 0.3 is 12.4 Å². The summed E-state index contributed by atoms with van der Waals surface area (Å²) in [6.07, 6.45) is -5.69. The quantitative estimate of drug-likeness (QED) is 0.258. The van der Waals surface area contributed by atoms with Crippen LogP contribution in [-0.4, -0.2) is 25.0 Å². The van der Waals surface area contributed by atoms with E-state index in [0.717, 1.165) is 34.8 Å². The van der Waals surface area contributed by atoms with Gasteiger partial charge in [-0.2, -0.15) is 36.5 Å². The summed E-state index contributed by atoms with van der Waals surface area (Å²) >= 11 is 0. The van der Waals surface area contributed by atoms with E-state index in [-0.39, 0.29) is 23.0 Å². The van der Waals surface area contributed by atoms with E-state index in [2.05, 4.69) is 15.2 Å². The van der Waals surface area contributed by atoms with E-state index in [0.29, 0.717) is 31.2 Å². The Morgan fingerprint density at radius 3 is 2.34 bits per heavy atom. The molecule has 1 N–H and O–H groups in total. The summed E-state index contributed by atoms with van der Waals surface area (Å²) in [5.74, 6) is -0.854. The van der Waals surface area contributed by atoms with Gasteiger partial charge in [-0.1, -0.05) is 12.1 Å². The minimum absolute atomic E-state index is 0.107. The number of pyridine rings is 1.